The van der Waals surface area contributed by atoms with E-state index in [1.54, 1.807) is 30.5 Å². The molecule has 1 aliphatic heterocycles. The van der Waals surface area contributed by atoms with Gasteiger partial charge < -0.3 is 19.7 Å². The fourth-order valence-corrected chi connectivity index (χ4v) is 5.01. The molecule has 6 nitrogen and oxygen atoms in total. The van der Waals surface area contributed by atoms with Gasteiger partial charge in [-0.05, 0) is 50.8 Å². The molecule has 154 valence electrons. The second-order valence-electron chi connectivity index (χ2n) is 7.63. The lowest BCUT2D eigenvalue weighted by Crippen LogP contribution is -3.11. The Morgan fingerprint density at radius 1 is 1.03 bits per heavy atom. The molecule has 2 N–H and O–H groups in total. The molecule has 1 aliphatic rings. The predicted octanol–water partition coefficient (Wildman–Crippen LogP) is 3.64. The predicted molar refractivity (Wildman–Crippen MR) is 118 cm³/mol. The smallest absolute Gasteiger partial charge is 0.187 e. The van der Waals surface area contributed by atoms with Crippen LogP contribution in [0.25, 0.3) is 10.2 Å². The Labute approximate surface area is 175 Å². The van der Waals surface area contributed by atoms with Gasteiger partial charge in [0.2, 0.25) is 0 Å². The van der Waals surface area contributed by atoms with Crippen LogP contribution in [0.15, 0.2) is 18.2 Å². The number of benzene rings is 1. The minimum Gasteiger partial charge on any atom is -0.493 e. The summed E-state index contributed by atoms with van der Waals surface area (Å²) >= 11 is 1.75. The van der Waals surface area contributed by atoms with Crippen molar-refractivity contribution in [2.75, 3.05) is 32.6 Å². The first-order valence-electron chi connectivity index (χ1n) is 10.2. The molecule has 0 amide bonds. The van der Waals surface area contributed by atoms with Crippen molar-refractivity contribution in [2.45, 2.75) is 39.7 Å². The molecule has 0 bridgehead atoms. The number of aryl methyl sites for hydroxylation is 2. The maximum atomic E-state index is 5.46. The SMILES string of the molecule is COc1ccc(Nc2nc(C[NH+]3CCCCC3)nc3sc(C)c(C)c23)cc1OC. The number of rotatable bonds is 6. The van der Waals surface area contributed by atoms with Crippen LogP contribution in [0.2, 0.25) is 0 Å². The summed E-state index contributed by atoms with van der Waals surface area (Å²) in [5.41, 5.74) is 2.16. The van der Waals surface area contributed by atoms with Gasteiger partial charge in [0.25, 0.3) is 0 Å². The molecule has 7 heteroatoms. The maximum Gasteiger partial charge on any atom is 0.187 e. The number of methoxy groups -OCH3 is 2. The van der Waals surface area contributed by atoms with Crippen LogP contribution in [0.4, 0.5) is 11.5 Å². The van der Waals surface area contributed by atoms with Crippen molar-refractivity contribution < 1.29 is 14.4 Å². The van der Waals surface area contributed by atoms with Gasteiger partial charge in [-0.25, -0.2) is 9.97 Å². The van der Waals surface area contributed by atoms with Crippen molar-refractivity contribution in [2.24, 2.45) is 0 Å². The Hall–Kier alpha value is -2.38. The lowest BCUT2D eigenvalue weighted by Gasteiger charge is -2.23. The molecule has 29 heavy (non-hydrogen) atoms. The van der Waals surface area contributed by atoms with Crippen LogP contribution in [-0.2, 0) is 6.54 Å². The summed E-state index contributed by atoms with van der Waals surface area (Å²) in [6, 6.07) is 5.83. The van der Waals surface area contributed by atoms with Crippen LogP contribution in [0.1, 0.15) is 35.5 Å². The molecule has 2 aromatic heterocycles. The molecule has 0 atom stereocenters. The van der Waals surface area contributed by atoms with Gasteiger partial charge in [0.15, 0.2) is 17.3 Å². The van der Waals surface area contributed by atoms with Crippen molar-refractivity contribution in [1.82, 2.24) is 9.97 Å². The quantitative estimate of drug-likeness (QED) is 0.646. The van der Waals surface area contributed by atoms with E-state index >= 15 is 0 Å². The molecular formula is C22H29N4O2S+. The van der Waals surface area contributed by atoms with Gasteiger partial charge in [0.1, 0.15) is 17.2 Å². The fourth-order valence-electron chi connectivity index (χ4n) is 3.97. The van der Waals surface area contributed by atoms with E-state index < -0.39 is 0 Å². The van der Waals surface area contributed by atoms with Gasteiger partial charge in [0.05, 0.1) is 32.7 Å². The molecule has 3 heterocycles. The third kappa shape index (κ3) is 4.16. The Kier molecular flexibility index (Phi) is 5.87. The standard InChI is InChI=1S/C22H28N4O2S/c1-14-15(2)29-22-20(14)21(23-16-8-9-17(27-3)18(12-16)28-4)24-19(25-22)13-26-10-6-5-7-11-26/h8-9,12H,5-7,10-11,13H2,1-4H3,(H,23,24,25)/p+1. The highest BCUT2D eigenvalue weighted by molar-refractivity contribution is 7.18. The number of likely N-dealkylation sites (tertiary alicyclic amines) is 1. The highest BCUT2D eigenvalue weighted by Gasteiger charge is 2.20. The van der Waals surface area contributed by atoms with Crippen LogP contribution < -0.4 is 19.7 Å². The summed E-state index contributed by atoms with van der Waals surface area (Å²) in [6.07, 6.45) is 3.94. The Balaban J connectivity index is 1.71. The zero-order valence-corrected chi connectivity index (χ0v) is 18.4. The monoisotopic (exact) mass is 413 g/mol. The van der Waals surface area contributed by atoms with Crippen LogP contribution in [0.5, 0.6) is 11.5 Å². The number of hydrogen-bond acceptors (Lipinski definition) is 6. The van der Waals surface area contributed by atoms with Crippen LogP contribution in [0.3, 0.4) is 0 Å². The summed E-state index contributed by atoms with van der Waals surface area (Å²) in [5, 5.41) is 4.63. The fraction of sp³-hybridized carbons (Fsp3) is 0.455. The van der Waals surface area contributed by atoms with Crippen LogP contribution in [-0.4, -0.2) is 37.3 Å². The highest BCUT2D eigenvalue weighted by atomic mass is 32.1. The number of fused-ring (bicyclic) bond motifs is 1. The van der Waals surface area contributed by atoms with Gasteiger partial charge in [-0.3, -0.25) is 0 Å². The summed E-state index contributed by atoms with van der Waals surface area (Å²) in [5.74, 6) is 3.19. The summed E-state index contributed by atoms with van der Waals surface area (Å²) in [4.78, 5) is 13.8. The van der Waals surface area contributed by atoms with Crippen molar-refractivity contribution in [3.05, 3.63) is 34.5 Å². The van der Waals surface area contributed by atoms with Gasteiger partial charge in [-0.1, -0.05) is 0 Å². The van der Waals surface area contributed by atoms with Crippen LogP contribution >= 0.6 is 11.3 Å². The average molecular weight is 414 g/mol. The molecule has 0 saturated carbocycles. The van der Waals surface area contributed by atoms with Crippen molar-refractivity contribution in [3.8, 4) is 11.5 Å². The third-order valence-electron chi connectivity index (χ3n) is 5.69. The first-order chi connectivity index (χ1) is 14.1. The molecule has 0 unspecified atom stereocenters. The van der Waals surface area contributed by atoms with Crippen molar-refractivity contribution >= 4 is 33.1 Å². The van der Waals surface area contributed by atoms with Gasteiger partial charge >= 0.3 is 0 Å². The largest absolute Gasteiger partial charge is 0.493 e. The normalized spacial score (nSPS) is 14.9. The number of aromatic nitrogens is 2. The number of nitrogens with one attached hydrogen (secondary N) is 2. The topological polar surface area (TPSA) is 60.7 Å². The zero-order chi connectivity index (χ0) is 20.4. The number of ether oxygens (including phenoxy) is 2. The van der Waals surface area contributed by atoms with E-state index in [9.17, 15) is 0 Å². The van der Waals surface area contributed by atoms with Gasteiger partial charge in [0, 0.05) is 16.6 Å². The number of thiophene rings is 1. The van der Waals surface area contributed by atoms with E-state index in [-0.39, 0.29) is 0 Å². The number of piperidine rings is 1. The van der Waals surface area contributed by atoms with Crippen LogP contribution in [0, 0.1) is 13.8 Å². The second-order valence-corrected chi connectivity index (χ2v) is 8.84. The Bertz CT molecular complexity index is 1010. The third-order valence-corrected chi connectivity index (χ3v) is 6.79. The molecule has 1 fully saturated rings. The molecule has 0 radical (unpaired) electrons. The molecule has 1 aromatic carbocycles. The van der Waals surface area contributed by atoms with E-state index in [1.165, 1.54) is 42.8 Å². The lowest BCUT2D eigenvalue weighted by molar-refractivity contribution is -0.919. The first kappa shape index (κ1) is 19.9. The first-order valence-corrected chi connectivity index (χ1v) is 11.0. The summed E-state index contributed by atoms with van der Waals surface area (Å²) in [7, 11) is 3.29. The molecule has 0 aliphatic carbocycles. The zero-order valence-electron chi connectivity index (χ0n) is 17.6. The number of quaternary nitrogens is 1. The summed E-state index contributed by atoms with van der Waals surface area (Å²) < 4.78 is 10.8. The van der Waals surface area contributed by atoms with Gasteiger partial charge in [-0.15, -0.1) is 11.3 Å². The maximum absolute atomic E-state index is 5.46. The Morgan fingerprint density at radius 2 is 1.79 bits per heavy atom. The minimum absolute atomic E-state index is 0.694. The Morgan fingerprint density at radius 3 is 2.52 bits per heavy atom. The minimum atomic E-state index is 0.694. The van der Waals surface area contributed by atoms with E-state index in [4.69, 9.17) is 19.4 Å². The summed E-state index contributed by atoms with van der Waals surface area (Å²) in [6.45, 7) is 7.60. The van der Waals surface area contributed by atoms with E-state index in [1.807, 2.05) is 18.2 Å². The van der Waals surface area contributed by atoms with Crippen molar-refractivity contribution in [1.29, 1.82) is 0 Å². The number of hydrogen-bond donors (Lipinski definition) is 2. The van der Waals surface area contributed by atoms with Gasteiger partial charge in [-0.2, -0.15) is 0 Å². The number of anilines is 2. The molecule has 4 rings (SSSR count). The highest BCUT2D eigenvalue weighted by Crippen LogP contribution is 2.36. The van der Waals surface area contributed by atoms with E-state index in [2.05, 4.69) is 19.2 Å². The average Bonchev–Trinajstić information content (AvgIpc) is 3.02. The lowest BCUT2D eigenvalue weighted by atomic mass is 10.1. The van der Waals surface area contributed by atoms with E-state index in [0.717, 1.165) is 34.1 Å². The molecular weight excluding hydrogens is 384 g/mol. The second kappa shape index (κ2) is 8.55. The van der Waals surface area contributed by atoms with E-state index in [0.29, 0.717) is 11.5 Å². The molecule has 3 aromatic rings. The van der Waals surface area contributed by atoms with Crippen molar-refractivity contribution in [3.63, 3.8) is 0 Å². The molecule has 1 saturated heterocycles. The number of nitrogens with zero attached hydrogens (tertiary/aromatic N) is 2. The molecule has 0 spiro atoms.